The molecule has 0 aromatic heterocycles. The molecule has 1 aromatic rings. The van der Waals surface area contributed by atoms with Gasteiger partial charge < -0.3 is 11.1 Å². The first-order valence-electron chi connectivity index (χ1n) is 4.39. The van der Waals surface area contributed by atoms with Gasteiger partial charge in [-0.2, -0.15) is 5.26 Å². The Kier molecular flexibility index (Phi) is 3.58. The predicted molar refractivity (Wildman–Crippen MR) is 53.6 cm³/mol. The summed E-state index contributed by atoms with van der Waals surface area (Å²) < 4.78 is 25.5. The van der Waals surface area contributed by atoms with E-state index >= 15 is 0 Å². The van der Waals surface area contributed by atoms with Crippen LogP contribution in [0.1, 0.15) is 5.56 Å². The van der Waals surface area contributed by atoms with Crippen LogP contribution in [0.2, 0.25) is 0 Å². The lowest BCUT2D eigenvalue weighted by atomic mass is 10.2. The van der Waals surface area contributed by atoms with Crippen molar-refractivity contribution in [3.63, 3.8) is 0 Å². The van der Waals surface area contributed by atoms with E-state index in [-0.39, 0.29) is 0 Å². The van der Waals surface area contributed by atoms with Crippen molar-refractivity contribution in [2.24, 2.45) is 5.73 Å². The highest BCUT2D eigenvalue weighted by Crippen LogP contribution is 2.14. The summed E-state index contributed by atoms with van der Waals surface area (Å²) in [7, 11) is 0. The Morgan fingerprint density at radius 2 is 1.93 bits per heavy atom. The third-order valence-electron chi connectivity index (χ3n) is 1.86. The summed E-state index contributed by atoms with van der Waals surface area (Å²) >= 11 is 0. The smallest absolute Gasteiger partial charge is 0.276 e. The Morgan fingerprint density at radius 3 is 2.40 bits per heavy atom. The highest BCUT2D eigenvalue weighted by Gasteiger charge is 2.25. The van der Waals surface area contributed by atoms with Gasteiger partial charge in [0.15, 0.2) is 0 Å². The molecule has 0 saturated carbocycles. The van der Waals surface area contributed by atoms with E-state index < -0.39 is 19.0 Å². The molecule has 3 nitrogen and oxygen atoms in total. The van der Waals surface area contributed by atoms with Crippen LogP contribution in [0.15, 0.2) is 24.3 Å². The summed E-state index contributed by atoms with van der Waals surface area (Å²) in [5.74, 6) is -2.91. The van der Waals surface area contributed by atoms with Gasteiger partial charge >= 0.3 is 0 Å². The summed E-state index contributed by atoms with van der Waals surface area (Å²) in [5, 5.41) is 11.1. The summed E-state index contributed by atoms with van der Waals surface area (Å²) in [6, 6.07) is 8.21. The normalized spacial score (nSPS) is 10.8. The van der Waals surface area contributed by atoms with Gasteiger partial charge in [0.25, 0.3) is 5.92 Å². The second-order valence-corrected chi connectivity index (χ2v) is 3.10. The monoisotopic (exact) mass is 211 g/mol. The molecule has 0 bridgehead atoms. The van der Waals surface area contributed by atoms with Crippen LogP contribution in [0.5, 0.6) is 0 Å². The summed E-state index contributed by atoms with van der Waals surface area (Å²) in [6.07, 6.45) is 0. The lowest BCUT2D eigenvalue weighted by Crippen LogP contribution is -2.35. The molecule has 0 aliphatic heterocycles. The summed E-state index contributed by atoms with van der Waals surface area (Å²) in [6.45, 7) is -1.19. The predicted octanol–water partition coefficient (Wildman–Crippen LogP) is 1.56. The minimum absolute atomic E-state index is 0.492. The first-order valence-corrected chi connectivity index (χ1v) is 4.39. The first-order chi connectivity index (χ1) is 7.07. The molecule has 15 heavy (non-hydrogen) atoms. The number of halogens is 2. The van der Waals surface area contributed by atoms with Crippen LogP contribution >= 0.6 is 0 Å². The van der Waals surface area contributed by atoms with Crippen LogP contribution in [0.4, 0.5) is 14.5 Å². The van der Waals surface area contributed by atoms with Crippen LogP contribution in [0.25, 0.3) is 0 Å². The van der Waals surface area contributed by atoms with E-state index in [1.54, 1.807) is 24.3 Å². The van der Waals surface area contributed by atoms with Gasteiger partial charge in [0.05, 0.1) is 24.7 Å². The third kappa shape index (κ3) is 3.52. The molecule has 0 spiro atoms. The van der Waals surface area contributed by atoms with Crippen LogP contribution in [0, 0.1) is 11.3 Å². The van der Waals surface area contributed by atoms with Crippen LogP contribution < -0.4 is 11.1 Å². The van der Waals surface area contributed by atoms with Crippen molar-refractivity contribution in [1.82, 2.24) is 0 Å². The largest absolute Gasteiger partial charge is 0.379 e. The quantitative estimate of drug-likeness (QED) is 0.794. The van der Waals surface area contributed by atoms with Crippen LogP contribution in [0.3, 0.4) is 0 Å². The molecule has 3 N–H and O–H groups in total. The number of benzene rings is 1. The Labute approximate surface area is 86.5 Å². The molecule has 0 fully saturated rings. The fraction of sp³-hybridized carbons (Fsp3) is 0.300. The van der Waals surface area contributed by atoms with Crippen LogP contribution in [-0.2, 0) is 0 Å². The zero-order valence-corrected chi connectivity index (χ0v) is 8.00. The third-order valence-corrected chi connectivity index (χ3v) is 1.86. The molecular weight excluding hydrogens is 200 g/mol. The second-order valence-electron chi connectivity index (χ2n) is 3.10. The van der Waals surface area contributed by atoms with Gasteiger partial charge in [-0.15, -0.1) is 0 Å². The number of alkyl halides is 2. The maximum atomic E-state index is 12.7. The van der Waals surface area contributed by atoms with Gasteiger partial charge in [0.1, 0.15) is 0 Å². The van der Waals surface area contributed by atoms with Crippen molar-refractivity contribution in [3.05, 3.63) is 29.8 Å². The van der Waals surface area contributed by atoms with Crippen molar-refractivity contribution < 1.29 is 8.78 Å². The van der Waals surface area contributed by atoms with E-state index in [0.29, 0.717) is 11.3 Å². The van der Waals surface area contributed by atoms with Crippen molar-refractivity contribution >= 4 is 5.69 Å². The fourth-order valence-corrected chi connectivity index (χ4v) is 0.966. The molecule has 0 unspecified atom stereocenters. The first kappa shape index (κ1) is 11.4. The standard InChI is InChI=1S/C10H11F2N3/c11-10(12,6-14)7-15-9-3-1-8(5-13)2-4-9/h1-4,15H,6-7,14H2. The van der Waals surface area contributed by atoms with Gasteiger partial charge in [-0.05, 0) is 24.3 Å². The van der Waals surface area contributed by atoms with Crippen LogP contribution in [-0.4, -0.2) is 19.0 Å². The van der Waals surface area contributed by atoms with E-state index in [2.05, 4.69) is 5.32 Å². The van der Waals surface area contributed by atoms with Gasteiger partial charge in [0, 0.05) is 5.69 Å². The van der Waals surface area contributed by atoms with Gasteiger partial charge in [-0.3, -0.25) is 0 Å². The number of nitriles is 1. The second kappa shape index (κ2) is 4.71. The lowest BCUT2D eigenvalue weighted by molar-refractivity contribution is 0.0254. The minimum atomic E-state index is -2.91. The Balaban J connectivity index is 2.56. The number of rotatable bonds is 4. The zero-order chi connectivity index (χ0) is 11.3. The van der Waals surface area contributed by atoms with E-state index in [9.17, 15) is 8.78 Å². The van der Waals surface area contributed by atoms with E-state index in [4.69, 9.17) is 11.0 Å². The number of nitrogens with two attached hydrogens (primary N) is 1. The van der Waals surface area contributed by atoms with Crippen molar-refractivity contribution in [2.45, 2.75) is 5.92 Å². The van der Waals surface area contributed by atoms with E-state index in [0.717, 1.165) is 0 Å². The number of nitrogens with one attached hydrogen (secondary N) is 1. The molecule has 0 heterocycles. The molecule has 5 heteroatoms. The average Bonchev–Trinajstić information content (AvgIpc) is 2.27. The molecule has 1 rings (SSSR count). The molecule has 0 aliphatic rings. The molecule has 0 aliphatic carbocycles. The van der Waals surface area contributed by atoms with Crippen molar-refractivity contribution in [2.75, 3.05) is 18.4 Å². The molecular formula is C10H11F2N3. The van der Waals surface area contributed by atoms with Crippen molar-refractivity contribution in [1.29, 1.82) is 5.26 Å². The zero-order valence-electron chi connectivity index (χ0n) is 8.00. The minimum Gasteiger partial charge on any atom is -0.379 e. The highest BCUT2D eigenvalue weighted by molar-refractivity contribution is 5.47. The van der Waals surface area contributed by atoms with Gasteiger partial charge in [0.2, 0.25) is 0 Å². The van der Waals surface area contributed by atoms with Crippen molar-refractivity contribution in [3.8, 4) is 6.07 Å². The number of hydrogen-bond acceptors (Lipinski definition) is 3. The van der Waals surface area contributed by atoms with E-state index in [1.807, 2.05) is 6.07 Å². The number of anilines is 1. The Hall–Kier alpha value is -1.67. The summed E-state index contributed by atoms with van der Waals surface area (Å²) in [5.41, 5.74) is 5.92. The number of hydrogen-bond donors (Lipinski definition) is 2. The molecule has 0 radical (unpaired) electrons. The lowest BCUT2D eigenvalue weighted by Gasteiger charge is -2.15. The maximum Gasteiger partial charge on any atom is 0.276 e. The molecule has 0 amide bonds. The SMILES string of the molecule is N#Cc1ccc(NCC(F)(F)CN)cc1. The molecule has 1 aromatic carbocycles. The average molecular weight is 211 g/mol. The Bertz CT molecular complexity index is 354. The topological polar surface area (TPSA) is 61.8 Å². The van der Waals surface area contributed by atoms with Gasteiger partial charge in [-0.1, -0.05) is 0 Å². The van der Waals surface area contributed by atoms with E-state index in [1.165, 1.54) is 0 Å². The highest BCUT2D eigenvalue weighted by atomic mass is 19.3. The number of nitrogens with zero attached hydrogens (tertiary/aromatic N) is 1. The maximum absolute atomic E-state index is 12.7. The molecule has 0 saturated heterocycles. The Morgan fingerprint density at radius 1 is 1.33 bits per heavy atom. The molecule has 80 valence electrons. The summed E-state index contributed by atoms with van der Waals surface area (Å²) in [4.78, 5) is 0. The molecule has 0 atom stereocenters. The van der Waals surface area contributed by atoms with Gasteiger partial charge in [-0.25, -0.2) is 8.78 Å². The fourth-order valence-electron chi connectivity index (χ4n) is 0.966.